The number of rotatable bonds is 3. The Morgan fingerprint density at radius 1 is 1.32 bits per heavy atom. The molecule has 0 aliphatic carbocycles. The van der Waals surface area contributed by atoms with Gasteiger partial charge in [0, 0.05) is 11.4 Å². The van der Waals surface area contributed by atoms with Gasteiger partial charge >= 0.3 is 0 Å². The maximum Gasteiger partial charge on any atom is 0.221 e. The van der Waals surface area contributed by atoms with Gasteiger partial charge in [0.1, 0.15) is 0 Å². The number of anilines is 1. The second kappa shape index (κ2) is 5.57. The monoisotopic (exact) mass is 321 g/mol. The summed E-state index contributed by atoms with van der Waals surface area (Å²) in [6.07, 6.45) is 0. The van der Waals surface area contributed by atoms with Crippen molar-refractivity contribution in [2.75, 3.05) is 5.32 Å². The number of hydrogen-bond donors (Lipinski definition) is 1. The molecule has 0 fully saturated rings. The van der Waals surface area contributed by atoms with Gasteiger partial charge in [-0.25, -0.2) is 0 Å². The van der Waals surface area contributed by atoms with Gasteiger partial charge in [-0.2, -0.15) is 5.10 Å². The Bertz CT molecular complexity index is 602. The number of aromatic nitrogens is 2. The lowest BCUT2D eigenvalue weighted by Crippen LogP contribution is -2.08. The molecular weight excluding hydrogens is 306 g/mol. The summed E-state index contributed by atoms with van der Waals surface area (Å²) in [5.74, 6) is -0.0746. The third-order valence-electron chi connectivity index (χ3n) is 2.93. The van der Waals surface area contributed by atoms with Gasteiger partial charge in [0.2, 0.25) is 5.91 Å². The van der Waals surface area contributed by atoms with Crippen LogP contribution < -0.4 is 5.32 Å². The summed E-state index contributed by atoms with van der Waals surface area (Å²) in [6.45, 7) is 6.06. The summed E-state index contributed by atoms with van der Waals surface area (Å²) in [6, 6.07) is 8.13. The molecule has 0 unspecified atom stereocenters. The predicted octanol–water partition coefficient (Wildman–Crippen LogP) is 3.27. The zero-order valence-electron chi connectivity index (χ0n) is 11.2. The van der Waals surface area contributed by atoms with Crippen LogP contribution in [-0.4, -0.2) is 15.7 Å². The first kappa shape index (κ1) is 13.8. The molecule has 1 N–H and O–H groups in total. The maximum atomic E-state index is 11.2. The highest BCUT2D eigenvalue weighted by molar-refractivity contribution is 9.10. The average Bonchev–Trinajstić information content (AvgIpc) is 2.60. The molecule has 1 aromatic carbocycles. The molecule has 0 radical (unpaired) electrons. The van der Waals surface area contributed by atoms with Gasteiger partial charge in [0.15, 0.2) is 0 Å². The summed E-state index contributed by atoms with van der Waals surface area (Å²) in [5.41, 5.74) is 3.79. The number of hydrogen-bond acceptors (Lipinski definition) is 2. The van der Waals surface area contributed by atoms with Crippen molar-refractivity contribution in [1.82, 2.24) is 9.78 Å². The smallest absolute Gasteiger partial charge is 0.221 e. The van der Waals surface area contributed by atoms with Crippen molar-refractivity contribution in [3.63, 3.8) is 0 Å². The number of halogens is 1. The first-order chi connectivity index (χ1) is 8.97. The maximum absolute atomic E-state index is 11.2. The topological polar surface area (TPSA) is 46.9 Å². The molecule has 2 aromatic rings. The molecule has 19 heavy (non-hydrogen) atoms. The van der Waals surface area contributed by atoms with Gasteiger partial charge in [-0.15, -0.1) is 0 Å². The normalized spacial score (nSPS) is 10.5. The van der Waals surface area contributed by atoms with E-state index in [4.69, 9.17) is 0 Å². The van der Waals surface area contributed by atoms with Crippen LogP contribution in [-0.2, 0) is 11.3 Å². The zero-order chi connectivity index (χ0) is 14.0. The third kappa shape index (κ3) is 3.23. The quantitative estimate of drug-likeness (QED) is 0.943. The van der Waals surface area contributed by atoms with Crippen molar-refractivity contribution in [1.29, 1.82) is 0 Å². The van der Waals surface area contributed by atoms with E-state index < -0.39 is 0 Å². The fourth-order valence-electron chi connectivity index (χ4n) is 1.97. The van der Waals surface area contributed by atoms with Gasteiger partial charge in [-0.05, 0) is 31.5 Å². The van der Waals surface area contributed by atoms with Crippen molar-refractivity contribution in [2.24, 2.45) is 0 Å². The van der Waals surface area contributed by atoms with Crippen molar-refractivity contribution in [3.8, 4) is 0 Å². The first-order valence-corrected chi connectivity index (χ1v) is 6.82. The summed E-state index contributed by atoms with van der Waals surface area (Å²) < 4.78 is 2.97. The van der Waals surface area contributed by atoms with Crippen molar-refractivity contribution in [2.45, 2.75) is 27.3 Å². The van der Waals surface area contributed by atoms with Gasteiger partial charge < -0.3 is 5.32 Å². The van der Waals surface area contributed by atoms with E-state index >= 15 is 0 Å². The van der Waals surface area contributed by atoms with Crippen LogP contribution in [0, 0.1) is 13.8 Å². The Hall–Kier alpha value is -1.62. The Balaban J connectivity index is 2.26. The average molecular weight is 322 g/mol. The molecule has 100 valence electrons. The molecule has 1 aromatic heterocycles. The summed E-state index contributed by atoms with van der Waals surface area (Å²) >= 11 is 3.42. The Labute approximate surface area is 120 Å². The number of benzene rings is 1. The number of carbonyl (C=O) groups is 1. The molecule has 0 aliphatic heterocycles. The van der Waals surface area contributed by atoms with Crippen LogP contribution in [0.1, 0.15) is 23.9 Å². The van der Waals surface area contributed by atoms with E-state index in [1.165, 1.54) is 12.5 Å². The molecule has 2 rings (SSSR count). The zero-order valence-corrected chi connectivity index (χ0v) is 12.8. The van der Waals surface area contributed by atoms with Crippen LogP contribution >= 0.6 is 15.9 Å². The number of amides is 1. The van der Waals surface area contributed by atoms with Crippen molar-refractivity contribution in [3.05, 3.63) is 45.7 Å². The minimum atomic E-state index is -0.0746. The van der Waals surface area contributed by atoms with Crippen molar-refractivity contribution < 1.29 is 4.79 Å². The van der Waals surface area contributed by atoms with E-state index in [0.29, 0.717) is 6.54 Å². The molecule has 0 bridgehead atoms. The van der Waals surface area contributed by atoms with E-state index in [1.807, 2.05) is 30.7 Å². The number of nitrogens with one attached hydrogen (secondary N) is 1. The SMILES string of the molecule is CC(=O)Nc1c(C)nn(Cc2ccc(Br)cc2)c1C. The van der Waals surface area contributed by atoms with Gasteiger partial charge in [0.05, 0.1) is 23.6 Å². The van der Waals surface area contributed by atoms with E-state index in [9.17, 15) is 4.79 Å². The van der Waals surface area contributed by atoms with Crippen LogP contribution in [0.3, 0.4) is 0 Å². The highest BCUT2D eigenvalue weighted by atomic mass is 79.9. The molecule has 1 amide bonds. The van der Waals surface area contributed by atoms with Crippen LogP contribution in [0.4, 0.5) is 5.69 Å². The molecule has 0 spiro atoms. The highest BCUT2D eigenvalue weighted by Crippen LogP contribution is 2.20. The standard InChI is InChI=1S/C14H16BrN3O/c1-9-14(16-11(3)19)10(2)18(17-9)8-12-4-6-13(15)7-5-12/h4-7H,8H2,1-3H3,(H,16,19). The Morgan fingerprint density at radius 3 is 2.53 bits per heavy atom. The summed E-state index contributed by atoms with van der Waals surface area (Å²) in [5, 5.41) is 7.30. The van der Waals surface area contributed by atoms with Gasteiger partial charge in [0.25, 0.3) is 0 Å². The largest absolute Gasteiger partial charge is 0.323 e. The Kier molecular flexibility index (Phi) is 4.04. The van der Waals surface area contributed by atoms with Crippen LogP contribution in [0.2, 0.25) is 0 Å². The second-order valence-corrected chi connectivity index (χ2v) is 5.43. The molecule has 0 saturated carbocycles. The lowest BCUT2D eigenvalue weighted by atomic mass is 10.2. The lowest BCUT2D eigenvalue weighted by Gasteiger charge is -2.06. The molecule has 0 aliphatic rings. The highest BCUT2D eigenvalue weighted by Gasteiger charge is 2.12. The minimum Gasteiger partial charge on any atom is -0.323 e. The molecular formula is C14H16BrN3O. The predicted molar refractivity (Wildman–Crippen MR) is 79.2 cm³/mol. The second-order valence-electron chi connectivity index (χ2n) is 4.51. The lowest BCUT2D eigenvalue weighted by molar-refractivity contribution is -0.114. The van der Waals surface area contributed by atoms with E-state index in [1.54, 1.807) is 0 Å². The molecule has 1 heterocycles. The fourth-order valence-corrected chi connectivity index (χ4v) is 2.23. The molecule has 0 saturated heterocycles. The molecule has 5 heteroatoms. The van der Waals surface area contributed by atoms with E-state index in [0.717, 1.165) is 21.5 Å². The van der Waals surface area contributed by atoms with Crippen LogP contribution in [0.5, 0.6) is 0 Å². The molecule has 0 atom stereocenters. The van der Waals surface area contributed by atoms with Gasteiger partial charge in [-0.3, -0.25) is 9.48 Å². The molecule has 4 nitrogen and oxygen atoms in total. The van der Waals surface area contributed by atoms with Crippen LogP contribution in [0.25, 0.3) is 0 Å². The third-order valence-corrected chi connectivity index (χ3v) is 3.46. The minimum absolute atomic E-state index is 0.0746. The summed E-state index contributed by atoms with van der Waals surface area (Å²) in [7, 11) is 0. The fraction of sp³-hybridized carbons (Fsp3) is 0.286. The number of carbonyl (C=O) groups excluding carboxylic acids is 1. The first-order valence-electron chi connectivity index (χ1n) is 6.03. The van der Waals surface area contributed by atoms with Crippen molar-refractivity contribution >= 4 is 27.5 Å². The number of aryl methyl sites for hydroxylation is 1. The van der Waals surface area contributed by atoms with Gasteiger partial charge in [-0.1, -0.05) is 28.1 Å². The van der Waals surface area contributed by atoms with Crippen LogP contribution in [0.15, 0.2) is 28.7 Å². The summed E-state index contributed by atoms with van der Waals surface area (Å²) in [4.78, 5) is 11.2. The van der Waals surface area contributed by atoms with E-state index in [2.05, 4.69) is 38.5 Å². The number of nitrogens with zero attached hydrogens (tertiary/aromatic N) is 2. The Morgan fingerprint density at radius 2 is 1.95 bits per heavy atom. The van der Waals surface area contributed by atoms with E-state index in [-0.39, 0.29) is 5.91 Å².